The van der Waals surface area contributed by atoms with Crippen LogP contribution in [0.2, 0.25) is 0 Å². The van der Waals surface area contributed by atoms with Crippen LogP contribution in [0.4, 0.5) is 4.39 Å². The summed E-state index contributed by atoms with van der Waals surface area (Å²) in [5.41, 5.74) is 0.946. The monoisotopic (exact) mass is 338 g/mol. The average Bonchev–Trinajstić information content (AvgIpc) is 2.40. The SMILES string of the molecule is CCCNCc1cnccc1Oc1cc(F)cc(Br)c1. The zero-order chi connectivity index (χ0) is 14.4. The van der Waals surface area contributed by atoms with Crippen LogP contribution in [0.15, 0.2) is 41.1 Å². The number of rotatable bonds is 6. The summed E-state index contributed by atoms with van der Waals surface area (Å²) < 4.78 is 19.7. The Labute approximate surface area is 126 Å². The van der Waals surface area contributed by atoms with Crippen LogP contribution in [-0.2, 0) is 6.54 Å². The molecular weight excluding hydrogens is 323 g/mol. The van der Waals surface area contributed by atoms with Gasteiger partial charge in [-0.1, -0.05) is 22.9 Å². The molecule has 0 amide bonds. The molecule has 0 radical (unpaired) electrons. The first-order valence-corrected chi connectivity index (χ1v) is 7.26. The second kappa shape index (κ2) is 7.36. The van der Waals surface area contributed by atoms with Crippen LogP contribution in [0.1, 0.15) is 18.9 Å². The molecule has 2 rings (SSSR count). The minimum atomic E-state index is -0.339. The van der Waals surface area contributed by atoms with E-state index in [1.54, 1.807) is 24.5 Å². The fourth-order valence-electron chi connectivity index (χ4n) is 1.76. The molecule has 2 aromatic rings. The van der Waals surface area contributed by atoms with Crippen LogP contribution >= 0.6 is 15.9 Å². The van der Waals surface area contributed by atoms with E-state index in [2.05, 4.69) is 33.2 Å². The second-order valence-corrected chi connectivity index (χ2v) is 5.28. The van der Waals surface area contributed by atoms with E-state index in [-0.39, 0.29) is 5.82 Å². The van der Waals surface area contributed by atoms with E-state index in [0.29, 0.717) is 22.5 Å². The van der Waals surface area contributed by atoms with E-state index in [1.165, 1.54) is 12.1 Å². The Morgan fingerprint density at radius 2 is 2.20 bits per heavy atom. The molecule has 0 saturated carbocycles. The van der Waals surface area contributed by atoms with Gasteiger partial charge in [-0.2, -0.15) is 0 Å². The quantitative estimate of drug-likeness (QED) is 0.798. The lowest BCUT2D eigenvalue weighted by Crippen LogP contribution is -2.14. The standard InChI is InChI=1S/C15H16BrFN2O/c1-2-4-18-9-11-10-19-5-3-15(11)20-14-7-12(16)6-13(17)8-14/h3,5-8,10,18H,2,4,9H2,1H3. The van der Waals surface area contributed by atoms with Gasteiger partial charge in [-0.05, 0) is 31.2 Å². The number of benzene rings is 1. The van der Waals surface area contributed by atoms with Gasteiger partial charge >= 0.3 is 0 Å². The molecule has 0 atom stereocenters. The minimum Gasteiger partial charge on any atom is -0.457 e. The number of pyridine rings is 1. The molecule has 0 aliphatic heterocycles. The smallest absolute Gasteiger partial charge is 0.134 e. The van der Waals surface area contributed by atoms with Crippen molar-refractivity contribution in [3.8, 4) is 11.5 Å². The molecule has 0 saturated heterocycles. The molecule has 0 fully saturated rings. The summed E-state index contributed by atoms with van der Waals surface area (Å²) in [7, 11) is 0. The topological polar surface area (TPSA) is 34.2 Å². The van der Waals surface area contributed by atoms with Crippen molar-refractivity contribution in [1.82, 2.24) is 10.3 Å². The lowest BCUT2D eigenvalue weighted by atomic mass is 10.2. The summed E-state index contributed by atoms with van der Waals surface area (Å²) in [5, 5.41) is 3.30. The number of halogens is 2. The lowest BCUT2D eigenvalue weighted by Gasteiger charge is -2.11. The Morgan fingerprint density at radius 1 is 1.35 bits per heavy atom. The van der Waals surface area contributed by atoms with Gasteiger partial charge in [0, 0.05) is 35.0 Å². The first-order chi connectivity index (χ1) is 9.69. The third-order valence-corrected chi connectivity index (χ3v) is 3.12. The van der Waals surface area contributed by atoms with Gasteiger partial charge in [-0.15, -0.1) is 0 Å². The number of hydrogen-bond donors (Lipinski definition) is 1. The first kappa shape index (κ1) is 14.9. The number of nitrogens with zero attached hydrogens (tertiary/aromatic N) is 1. The second-order valence-electron chi connectivity index (χ2n) is 4.37. The highest BCUT2D eigenvalue weighted by atomic mass is 79.9. The molecule has 0 aliphatic rings. The van der Waals surface area contributed by atoms with Crippen LogP contribution in [0.25, 0.3) is 0 Å². The number of ether oxygens (including phenoxy) is 1. The van der Waals surface area contributed by atoms with E-state index in [4.69, 9.17) is 4.74 Å². The van der Waals surface area contributed by atoms with Crippen molar-refractivity contribution in [2.75, 3.05) is 6.54 Å². The molecule has 0 spiro atoms. The highest BCUT2D eigenvalue weighted by molar-refractivity contribution is 9.10. The van der Waals surface area contributed by atoms with E-state index >= 15 is 0 Å². The minimum absolute atomic E-state index is 0.339. The summed E-state index contributed by atoms with van der Waals surface area (Å²) >= 11 is 3.25. The zero-order valence-corrected chi connectivity index (χ0v) is 12.8. The summed E-state index contributed by atoms with van der Waals surface area (Å²) in [6.45, 7) is 3.71. The van der Waals surface area contributed by atoms with Crippen molar-refractivity contribution in [2.24, 2.45) is 0 Å². The number of hydrogen-bond acceptors (Lipinski definition) is 3. The lowest BCUT2D eigenvalue weighted by molar-refractivity contribution is 0.466. The van der Waals surface area contributed by atoms with Crippen LogP contribution < -0.4 is 10.1 Å². The third kappa shape index (κ3) is 4.28. The molecule has 0 aliphatic carbocycles. The number of aromatic nitrogens is 1. The third-order valence-electron chi connectivity index (χ3n) is 2.66. The Bertz CT molecular complexity index is 557. The van der Waals surface area contributed by atoms with Gasteiger partial charge in [-0.3, -0.25) is 4.98 Å². The van der Waals surface area contributed by atoms with E-state index < -0.39 is 0 Å². The fourth-order valence-corrected chi connectivity index (χ4v) is 2.21. The van der Waals surface area contributed by atoms with Gasteiger partial charge in [0.15, 0.2) is 0 Å². The van der Waals surface area contributed by atoms with Gasteiger partial charge in [0.25, 0.3) is 0 Å². The van der Waals surface area contributed by atoms with E-state index in [0.717, 1.165) is 18.5 Å². The van der Waals surface area contributed by atoms with Crippen molar-refractivity contribution in [3.63, 3.8) is 0 Å². The molecule has 20 heavy (non-hydrogen) atoms. The van der Waals surface area contributed by atoms with Gasteiger partial charge < -0.3 is 10.1 Å². The molecule has 1 aromatic heterocycles. The Balaban J connectivity index is 2.15. The summed E-state index contributed by atoms with van der Waals surface area (Å²) in [6.07, 6.45) is 4.48. The largest absolute Gasteiger partial charge is 0.457 e. The van der Waals surface area contributed by atoms with E-state index in [1.807, 2.05) is 0 Å². The molecule has 3 nitrogen and oxygen atoms in total. The van der Waals surface area contributed by atoms with Crippen LogP contribution in [0, 0.1) is 5.82 Å². The highest BCUT2D eigenvalue weighted by Gasteiger charge is 2.06. The molecular formula is C15H16BrFN2O. The van der Waals surface area contributed by atoms with Crippen molar-refractivity contribution in [1.29, 1.82) is 0 Å². The zero-order valence-electron chi connectivity index (χ0n) is 11.2. The summed E-state index contributed by atoms with van der Waals surface area (Å²) in [5.74, 6) is 0.801. The summed E-state index contributed by atoms with van der Waals surface area (Å²) in [4.78, 5) is 4.10. The molecule has 0 unspecified atom stereocenters. The molecule has 0 bridgehead atoms. The maximum Gasteiger partial charge on any atom is 0.134 e. The molecule has 1 aromatic carbocycles. The Morgan fingerprint density at radius 3 is 2.95 bits per heavy atom. The number of nitrogens with one attached hydrogen (secondary N) is 1. The van der Waals surface area contributed by atoms with Crippen molar-refractivity contribution >= 4 is 15.9 Å². The highest BCUT2D eigenvalue weighted by Crippen LogP contribution is 2.27. The fraction of sp³-hybridized carbons (Fsp3) is 0.267. The van der Waals surface area contributed by atoms with Crippen LogP contribution in [-0.4, -0.2) is 11.5 Å². The molecule has 106 valence electrons. The Kier molecular flexibility index (Phi) is 5.49. The van der Waals surface area contributed by atoms with E-state index in [9.17, 15) is 4.39 Å². The van der Waals surface area contributed by atoms with Crippen LogP contribution in [0.3, 0.4) is 0 Å². The first-order valence-electron chi connectivity index (χ1n) is 6.46. The predicted octanol–water partition coefficient (Wildman–Crippen LogP) is 4.28. The normalized spacial score (nSPS) is 10.6. The maximum atomic E-state index is 13.3. The van der Waals surface area contributed by atoms with Gasteiger partial charge in [0.05, 0.1) is 0 Å². The average molecular weight is 339 g/mol. The van der Waals surface area contributed by atoms with Gasteiger partial charge in [-0.25, -0.2) is 4.39 Å². The molecule has 1 heterocycles. The van der Waals surface area contributed by atoms with Crippen LogP contribution in [0.5, 0.6) is 11.5 Å². The summed E-state index contributed by atoms with van der Waals surface area (Å²) in [6, 6.07) is 6.26. The van der Waals surface area contributed by atoms with Gasteiger partial charge in [0.2, 0.25) is 0 Å². The Hall–Kier alpha value is -1.46. The van der Waals surface area contributed by atoms with Crippen molar-refractivity contribution in [3.05, 3.63) is 52.5 Å². The van der Waals surface area contributed by atoms with Gasteiger partial charge in [0.1, 0.15) is 17.3 Å². The molecule has 5 heteroatoms. The van der Waals surface area contributed by atoms with Crippen molar-refractivity contribution in [2.45, 2.75) is 19.9 Å². The predicted molar refractivity (Wildman–Crippen MR) is 80.4 cm³/mol. The maximum absolute atomic E-state index is 13.3. The van der Waals surface area contributed by atoms with Crippen molar-refractivity contribution < 1.29 is 9.13 Å². The molecule has 1 N–H and O–H groups in total.